The van der Waals surface area contributed by atoms with Crippen molar-refractivity contribution < 1.29 is 55.8 Å². The fraction of sp³-hybridized carbons (Fsp3) is 0.575. The van der Waals surface area contributed by atoms with Crippen LogP contribution >= 0.6 is 18.9 Å². The maximum absolute atomic E-state index is 14.9. The van der Waals surface area contributed by atoms with Crippen LogP contribution in [0.1, 0.15) is 90.4 Å². The molecule has 3 aromatic rings. The van der Waals surface area contributed by atoms with Gasteiger partial charge in [-0.15, -0.1) is 24.5 Å². The molecule has 3 aliphatic heterocycles. The Kier molecular flexibility index (Phi) is 11.1. The van der Waals surface area contributed by atoms with E-state index in [-0.39, 0.29) is 71.7 Å². The Morgan fingerprint density at radius 1 is 1.02 bits per heavy atom. The first kappa shape index (κ1) is 41.3. The predicted molar refractivity (Wildman–Crippen MR) is 206 cm³/mol. The molecule has 5 fully saturated rings. The van der Waals surface area contributed by atoms with Crippen LogP contribution in [0.15, 0.2) is 54.6 Å². The topological polar surface area (TPSA) is 149 Å². The van der Waals surface area contributed by atoms with Crippen LogP contribution in [-0.2, 0) is 23.6 Å². The number of hydrogen-bond acceptors (Lipinski definition) is 8. The number of benzene rings is 2. The monoisotopic (exact) mass is 850 g/mol. The Morgan fingerprint density at radius 2 is 1.74 bits per heavy atom. The molecular formula is C40H47F4N4O8PS. The molecule has 8 rings (SSSR count). The molecule has 1 aromatic heterocycles. The maximum Gasteiger partial charge on any atom is 0.522 e. The van der Waals surface area contributed by atoms with Crippen LogP contribution < -0.4 is 5.32 Å². The van der Waals surface area contributed by atoms with Crippen LogP contribution in [0.5, 0.6) is 0 Å². The number of ether oxygens (including phenoxy) is 2. The van der Waals surface area contributed by atoms with Crippen molar-refractivity contribution in [2.75, 3.05) is 20.7 Å². The van der Waals surface area contributed by atoms with E-state index in [1.54, 1.807) is 12.0 Å². The number of methoxy groups -OCH3 is 1. The third kappa shape index (κ3) is 7.83. The Hall–Kier alpha value is -3.44. The average Bonchev–Trinajstić information content (AvgIpc) is 3.50. The molecule has 0 radical (unpaired) electrons. The van der Waals surface area contributed by atoms with E-state index in [9.17, 15) is 46.3 Å². The molecule has 2 aromatic carbocycles. The Bertz CT molecular complexity index is 2090. The van der Waals surface area contributed by atoms with Gasteiger partial charge in [-0.25, -0.2) is 4.39 Å². The van der Waals surface area contributed by atoms with Crippen molar-refractivity contribution in [2.24, 2.45) is 0 Å². The van der Waals surface area contributed by atoms with Crippen LogP contribution in [0, 0.1) is 0 Å². The molecule has 7 atom stereocenters. The molecule has 3 amide bonds. The molecule has 4 heterocycles. The molecule has 3 N–H and O–H groups in total. The molecule has 1 spiro atoms. The molecule has 0 unspecified atom stereocenters. The van der Waals surface area contributed by atoms with Gasteiger partial charge >= 0.3 is 14.0 Å². The van der Waals surface area contributed by atoms with Crippen molar-refractivity contribution in [3.63, 3.8) is 0 Å². The van der Waals surface area contributed by atoms with E-state index in [1.807, 2.05) is 42.3 Å². The molecule has 2 aliphatic carbocycles. The summed E-state index contributed by atoms with van der Waals surface area (Å²) in [7, 11) is -1.53. The summed E-state index contributed by atoms with van der Waals surface area (Å²) in [6, 6.07) is 12.9. The van der Waals surface area contributed by atoms with Gasteiger partial charge in [-0.3, -0.25) is 23.7 Å². The minimum atomic E-state index is -5.06. The number of hydrogen-bond donors (Lipinski definition) is 3. The highest BCUT2D eigenvalue weighted by Gasteiger charge is 2.65. The van der Waals surface area contributed by atoms with Crippen LogP contribution in [-0.4, -0.2) is 117 Å². The van der Waals surface area contributed by atoms with Gasteiger partial charge in [0.15, 0.2) is 0 Å². The summed E-state index contributed by atoms with van der Waals surface area (Å²) in [5.74, 6) is -3.69. The second kappa shape index (κ2) is 15.5. The average molecular weight is 851 g/mol. The van der Waals surface area contributed by atoms with E-state index >= 15 is 0 Å². The van der Waals surface area contributed by atoms with Crippen molar-refractivity contribution in [3.8, 4) is 0 Å². The van der Waals surface area contributed by atoms with Gasteiger partial charge in [-0.2, -0.15) is 0 Å². The SMILES string of the molecule is CO[C@H]1[C@@H](c2ccccc2)CN(C(=O)[C@@H]2CC[C@@H]3C[C@@H](N(C)C4CC(OC(F)(F)F)C4)CC[C@H](NC(=O)c4cc5cc([C@H](F)P(=O)(O)O)ccc5s4)C(=O)N32)C12CC2. The van der Waals surface area contributed by atoms with Gasteiger partial charge in [0.25, 0.3) is 5.91 Å². The Balaban J connectivity index is 1.06. The minimum Gasteiger partial charge on any atom is -0.378 e. The Morgan fingerprint density at radius 3 is 2.40 bits per heavy atom. The maximum atomic E-state index is 14.9. The number of nitrogens with one attached hydrogen (secondary N) is 1. The quantitative estimate of drug-likeness (QED) is 0.160. The first-order chi connectivity index (χ1) is 27.5. The van der Waals surface area contributed by atoms with Gasteiger partial charge in [-0.1, -0.05) is 36.4 Å². The second-order valence-electron chi connectivity index (χ2n) is 16.5. The van der Waals surface area contributed by atoms with Gasteiger partial charge < -0.3 is 34.5 Å². The van der Waals surface area contributed by atoms with Crippen molar-refractivity contribution >= 4 is 46.7 Å². The first-order valence-corrected chi connectivity index (χ1v) is 22.2. The molecule has 18 heteroatoms. The normalized spacial score (nSPS) is 30.3. The lowest BCUT2D eigenvalue weighted by atomic mass is 9.85. The lowest BCUT2D eigenvalue weighted by Crippen LogP contribution is -2.60. The fourth-order valence-corrected chi connectivity index (χ4v) is 11.5. The van der Waals surface area contributed by atoms with E-state index in [4.69, 9.17) is 4.74 Å². The zero-order chi connectivity index (χ0) is 41.3. The molecule has 0 bridgehead atoms. The summed E-state index contributed by atoms with van der Waals surface area (Å²) in [4.78, 5) is 68.1. The summed E-state index contributed by atoms with van der Waals surface area (Å²) in [5.41, 5.74) is 0.353. The smallest absolute Gasteiger partial charge is 0.378 e. The van der Waals surface area contributed by atoms with Gasteiger partial charge in [0.1, 0.15) is 12.1 Å². The van der Waals surface area contributed by atoms with E-state index < -0.39 is 49.5 Å². The zero-order valence-corrected chi connectivity index (χ0v) is 33.7. The molecule has 3 saturated heterocycles. The number of alkyl halides is 4. The van der Waals surface area contributed by atoms with Crippen molar-refractivity contribution in [2.45, 2.75) is 124 Å². The van der Waals surface area contributed by atoms with Crippen LogP contribution in [0.25, 0.3) is 10.1 Å². The highest BCUT2D eigenvalue weighted by Crippen LogP contribution is 2.56. The molecule has 314 valence electrons. The zero-order valence-electron chi connectivity index (χ0n) is 32.0. The highest BCUT2D eigenvalue weighted by atomic mass is 32.1. The number of amides is 3. The highest BCUT2D eigenvalue weighted by molar-refractivity contribution is 7.51. The molecule has 5 aliphatic rings. The second-order valence-corrected chi connectivity index (χ2v) is 19.2. The number of halogens is 4. The van der Waals surface area contributed by atoms with Gasteiger partial charge in [0.05, 0.1) is 22.6 Å². The number of carbonyl (C=O) groups excluding carboxylic acids is 3. The number of likely N-dealkylation sites (tertiary alicyclic amines) is 1. The molecule has 12 nitrogen and oxygen atoms in total. The summed E-state index contributed by atoms with van der Waals surface area (Å²) in [6.45, 7) is 0.434. The number of nitrogens with zero attached hydrogens (tertiary/aromatic N) is 3. The predicted octanol–water partition coefficient (Wildman–Crippen LogP) is 6.23. The van der Waals surface area contributed by atoms with E-state index in [0.29, 0.717) is 42.3 Å². The largest absolute Gasteiger partial charge is 0.522 e. The van der Waals surface area contributed by atoms with Gasteiger partial charge in [0.2, 0.25) is 17.7 Å². The third-order valence-electron chi connectivity index (χ3n) is 13.2. The van der Waals surface area contributed by atoms with Crippen molar-refractivity contribution in [3.05, 3.63) is 70.6 Å². The molecule has 2 saturated carbocycles. The van der Waals surface area contributed by atoms with Crippen LogP contribution in [0.3, 0.4) is 0 Å². The van der Waals surface area contributed by atoms with Gasteiger partial charge in [-0.05, 0) is 99.5 Å². The molecule has 58 heavy (non-hydrogen) atoms. The van der Waals surface area contributed by atoms with Crippen LogP contribution in [0.4, 0.5) is 17.6 Å². The standard InChI is InChI=1S/C40H47F4N4O8PS/c1-46(27-19-28(20-27)56-40(42,43)44)25-9-11-30(45-36(49)33-17-24-16-23(8-13-32(24)58-33)35(41)57(52,53)54)37(50)48-26(18-25)10-12-31(48)38(51)47-21-29(22-6-4-3-5-7-22)34(55-2)39(47)14-15-39/h3-8,13,16-17,25-31,34-35H,9-12,14-15,18-21H2,1-2H3,(H,45,49)(H2,52,53,54)/t25-,26+,27?,28?,29+,30-,31-,34-,35+/m0/s1. The number of carbonyl (C=O) groups is 3. The summed E-state index contributed by atoms with van der Waals surface area (Å²) < 4.78 is 75.8. The summed E-state index contributed by atoms with van der Waals surface area (Å²) in [5, 5.41) is 3.31. The van der Waals surface area contributed by atoms with Crippen molar-refractivity contribution in [1.82, 2.24) is 20.0 Å². The van der Waals surface area contributed by atoms with E-state index in [1.165, 1.54) is 24.3 Å². The van der Waals surface area contributed by atoms with E-state index in [0.717, 1.165) is 29.7 Å². The minimum absolute atomic E-state index is 0.0550. The molecular weight excluding hydrogens is 803 g/mol. The lowest BCUT2D eigenvalue weighted by molar-refractivity contribution is -0.354. The third-order valence-corrected chi connectivity index (χ3v) is 15.2. The van der Waals surface area contributed by atoms with Crippen molar-refractivity contribution in [1.29, 1.82) is 0 Å². The number of rotatable bonds is 10. The summed E-state index contributed by atoms with van der Waals surface area (Å²) >= 11 is 1.08. The lowest BCUT2D eigenvalue weighted by Gasteiger charge is -2.47. The number of thiophene rings is 1. The van der Waals surface area contributed by atoms with Crippen LogP contribution in [0.2, 0.25) is 0 Å². The Labute approximate surface area is 337 Å². The first-order valence-electron chi connectivity index (χ1n) is 19.7. The summed E-state index contributed by atoms with van der Waals surface area (Å²) in [6.07, 6.45) is -1.80. The van der Waals surface area contributed by atoms with E-state index in [2.05, 4.69) is 15.0 Å². The number of fused-ring (bicyclic) bond motifs is 2. The fourth-order valence-electron chi connectivity index (χ4n) is 10.0. The van der Waals surface area contributed by atoms with Gasteiger partial charge in [0, 0.05) is 42.4 Å².